The molecule has 1 aromatic carbocycles. The molecular weight excluding hydrogens is 468 g/mol. The Morgan fingerprint density at radius 1 is 1.11 bits per heavy atom. The monoisotopic (exact) mass is 492 g/mol. The van der Waals surface area contributed by atoms with Gasteiger partial charge in [0.05, 0.1) is 24.0 Å². The molecule has 35 heavy (non-hydrogen) atoms. The van der Waals surface area contributed by atoms with Crippen molar-refractivity contribution in [1.82, 2.24) is 19.0 Å². The zero-order chi connectivity index (χ0) is 25.5. The summed E-state index contributed by atoms with van der Waals surface area (Å²) in [6.07, 6.45) is -1.33. The predicted molar refractivity (Wildman–Crippen MR) is 119 cm³/mol. The molecule has 0 radical (unpaired) electrons. The molecule has 1 aliphatic rings. The van der Waals surface area contributed by atoms with Crippen molar-refractivity contribution in [2.24, 2.45) is 0 Å². The number of ether oxygens (including phenoxy) is 1. The number of fused-ring (bicyclic) bond motifs is 1. The summed E-state index contributed by atoms with van der Waals surface area (Å²) in [7, 11) is 0. The second-order valence-electron chi connectivity index (χ2n) is 8.59. The molecule has 0 aliphatic carbocycles. The molecule has 4 rings (SSSR count). The van der Waals surface area contributed by atoms with Crippen LogP contribution < -0.4 is 10.3 Å². The summed E-state index contributed by atoms with van der Waals surface area (Å²) in [4.78, 5) is 31.7. The highest BCUT2D eigenvalue weighted by molar-refractivity contribution is 5.93. The van der Waals surface area contributed by atoms with Crippen LogP contribution in [0.15, 0.2) is 47.7 Å². The SMILES string of the molecule is Cc1cn(-c2ccc3n(c2=O)CCN(C(C)COc2ccc(F)cc2C(C)C(F)(F)F)C3=O)cn1. The minimum absolute atomic E-state index is 0.0931. The van der Waals surface area contributed by atoms with Crippen LogP contribution in [-0.4, -0.2) is 50.3 Å². The van der Waals surface area contributed by atoms with Crippen LogP contribution in [0.5, 0.6) is 5.75 Å². The van der Waals surface area contributed by atoms with Gasteiger partial charge in [-0.1, -0.05) is 0 Å². The number of carbonyl (C=O) groups excluding carboxylic acids is 1. The zero-order valence-corrected chi connectivity index (χ0v) is 19.3. The minimum atomic E-state index is -4.56. The van der Waals surface area contributed by atoms with Crippen molar-refractivity contribution in [2.75, 3.05) is 13.2 Å². The minimum Gasteiger partial charge on any atom is -0.491 e. The third kappa shape index (κ3) is 4.80. The van der Waals surface area contributed by atoms with E-state index in [1.54, 1.807) is 36.7 Å². The number of alkyl halides is 3. The van der Waals surface area contributed by atoms with Crippen molar-refractivity contribution < 1.29 is 27.1 Å². The average Bonchev–Trinajstić information content (AvgIpc) is 3.23. The molecule has 1 amide bonds. The molecule has 0 spiro atoms. The van der Waals surface area contributed by atoms with E-state index in [0.717, 1.165) is 30.8 Å². The molecule has 2 aromatic heterocycles. The first-order valence-corrected chi connectivity index (χ1v) is 11.0. The molecule has 0 bridgehead atoms. The largest absolute Gasteiger partial charge is 0.491 e. The van der Waals surface area contributed by atoms with Crippen molar-refractivity contribution in [1.29, 1.82) is 0 Å². The zero-order valence-electron chi connectivity index (χ0n) is 19.3. The van der Waals surface area contributed by atoms with E-state index in [2.05, 4.69) is 4.98 Å². The molecule has 7 nitrogen and oxygen atoms in total. The van der Waals surface area contributed by atoms with Gasteiger partial charge in [0.15, 0.2) is 0 Å². The quantitative estimate of drug-likeness (QED) is 0.487. The van der Waals surface area contributed by atoms with Gasteiger partial charge in [0, 0.05) is 24.8 Å². The second-order valence-corrected chi connectivity index (χ2v) is 8.59. The Morgan fingerprint density at radius 2 is 1.86 bits per heavy atom. The van der Waals surface area contributed by atoms with E-state index in [9.17, 15) is 27.2 Å². The summed E-state index contributed by atoms with van der Waals surface area (Å²) in [6.45, 7) is 4.80. The van der Waals surface area contributed by atoms with Crippen LogP contribution in [-0.2, 0) is 6.54 Å². The Labute approximate surface area is 198 Å². The molecule has 3 heterocycles. The van der Waals surface area contributed by atoms with Crippen LogP contribution in [0.1, 0.15) is 41.5 Å². The van der Waals surface area contributed by atoms with Crippen molar-refractivity contribution in [3.8, 4) is 11.4 Å². The molecule has 11 heteroatoms. The number of carbonyl (C=O) groups is 1. The van der Waals surface area contributed by atoms with E-state index in [4.69, 9.17) is 4.74 Å². The highest BCUT2D eigenvalue weighted by Gasteiger charge is 2.39. The van der Waals surface area contributed by atoms with Gasteiger partial charge in [-0.05, 0) is 51.1 Å². The molecule has 0 saturated heterocycles. The van der Waals surface area contributed by atoms with Crippen LogP contribution in [0.4, 0.5) is 17.6 Å². The van der Waals surface area contributed by atoms with E-state index in [1.165, 1.54) is 15.8 Å². The first kappa shape index (κ1) is 24.5. The average molecular weight is 492 g/mol. The number of amides is 1. The van der Waals surface area contributed by atoms with Gasteiger partial charge in [-0.15, -0.1) is 0 Å². The number of nitrogens with zero attached hydrogens (tertiary/aromatic N) is 4. The lowest BCUT2D eigenvalue weighted by molar-refractivity contribution is -0.146. The van der Waals surface area contributed by atoms with Gasteiger partial charge in [0.25, 0.3) is 11.5 Å². The van der Waals surface area contributed by atoms with Crippen molar-refractivity contribution in [3.05, 3.63) is 76.0 Å². The lowest BCUT2D eigenvalue weighted by Gasteiger charge is -2.34. The molecular formula is C24H24F4N4O3. The fraction of sp³-hybridized carbons (Fsp3) is 0.375. The third-order valence-corrected chi connectivity index (χ3v) is 6.13. The van der Waals surface area contributed by atoms with Gasteiger partial charge < -0.3 is 18.8 Å². The standard InChI is InChI=1S/C24H24F4N4O3/c1-14-11-30(13-29-14)19-5-6-20-23(34)31(8-9-32(20)22(19)33)15(2)12-35-21-7-4-17(25)10-18(21)16(3)24(26,27)28/h4-7,10-11,13,15-16H,8-9,12H2,1-3H3. The first-order valence-electron chi connectivity index (χ1n) is 11.0. The summed E-state index contributed by atoms with van der Waals surface area (Å²) in [5, 5.41) is 0. The normalized spacial score (nSPS) is 15.6. The summed E-state index contributed by atoms with van der Waals surface area (Å²) < 4.78 is 62.0. The lowest BCUT2D eigenvalue weighted by Crippen LogP contribution is -2.50. The molecule has 3 aromatic rings. The fourth-order valence-electron chi connectivity index (χ4n) is 4.07. The van der Waals surface area contributed by atoms with Crippen molar-refractivity contribution in [3.63, 3.8) is 0 Å². The van der Waals surface area contributed by atoms with E-state index in [-0.39, 0.29) is 48.2 Å². The maximum Gasteiger partial charge on any atom is 0.395 e. The summed E-state index contributed by atoms with van der Waals surface area (Å²) >= 11 is 0. The number of aryl methyl sites for hydroxylation is 1. The Bertz CT molecular complexity index is 1310. The Hall–Kier alpha value is -3.63. The Kier molecular flexibility index (Phi) is 6.44. The summed E-state index contributed by atoms with van der Waals surface area (Å²) in [6, 6.07) is 5.61. The number of halogens is 4. The highest BCUT2D eigenvalue weighted by Crippen LogP contribution is 2.39. The van der Waals surface area contributed by atoms with Crippen LogP contribution in [0.2, 0.25) is 0 Å². The number of imidazole rings is 1. The highest BCUT2D eigenvalue weighted by atomic mass is 19.4. The van der Waals surface area contributed by atoms with Gasteiger partial charge in [-0.2, -0.15) is 13.2 Å². The van der Waals surface area contributed by atoms with Crippen LogP contribution in [0.3, 0.4) is 0 Å². The number of hydrogen-bond acceptors (Lipinski definition) is 4. The van der Waals surface area contributed by atoms with Gasteiger partial charge in [-0.3, -0.25) is 9.59 Å². The van der Waals surface area contributed by atoms with E-state index in [1.807, 2.05) is 0 Å². The predicted octanol–water partition coefficient (Wildman–Crippen LogP) is 4.07. The molecule has 2 unspecified atom stereocenters. The number of aromatic nitrogens is 3. The second kappa shape index (κ2) is 9.20. The molecule has 186 valence electrons. The summed E-state index contributed by atoms with van der Waals surface area (Å²) in [5.41, 5.74) is 0.691. The van der Waals surface area contributed by atoms with E-state index in [0.29, 0.717) is 5.69 Å². The Morgan fingerprint density at radius 3 is 2.51 bits per heavy atom. The number of pyridine rings is 1. The molecule has 1 aliphatic heterocycles. The van der Waals surface area contributed by atoms with Crippen LogP contribution in [0.25, 0.3) is 5.69 Å². The van der Waals surface area contributed by atoms with Crippen LogP contribution >= 0.6 is 0 Å². The maximum atomic E-state index is 13.6. The maximum absolute atomic E-state index is 13.6. The van der Waals surface area contributed by atoms with E-state index >= 15 is 0 Å². The van der Waals surface area contributed by atoms with Gasteiger partial charge in [-0.25, -0.2) is 9.37 Å². The van der Waals surface area contributed by atoms with Gasteiger partial charge >= 0.3 is 6.18 Å². The topological polar surface area (TPSA) is 69.4 Å². The first-order chi connectivity index (χ1) is 16.5. The number of rotatable bonds is 6. The molecule has 2 atom stereocenters. The van der Waals surface area contributed by atoms with Crippen molar-refractivity contribution >= 4 is 5.91 Å². The summed E-state index contributed by atoms with van der Waals surface area (Å²) in [5.74, 6) is -3.20. The van der Waals surface area contributed by atoms with E-state index < -0.39 is 24.0 Å². The molecule has 0 N–H and O–H groups in total. The fourth-order valence-corrected chi connectivity index (χ4v) is 4.07. The van der Waals surface area contributed by atoms with Crippen LogP contribution in [0, 0.1) is 12.7 Å². The smallest absolute Gasteiger partial charge is 0.395 e. The van der Waals surface area contributed by atoms with Gasteiger partial charge in [0.2, 0.25) is 0 Å². The van der Waals surface area contributed by atoms with Crippen molar-refractivity contribution in [2.45, 2.75) is 45.5 Å². The Balaban J connectivity index is 1.51. The molecule has 0 fully saturated rings. The lowest BCUT2D eigenvalue weighted by atomic mass is 9.99. The number of benzene rings is 1. The third-order valence-electron chi connectivity index (χ3n) is 6.13. The molecule has 0 saturated carbocycles. The number of hydrogen-bond donors (Lipinski definition) is 0. The van der Waals surface area contributed by atoms with Gasteiger partial charge in [0.1, 0.15) is 29.6 Å².